The Kier molecular flexibility index (Phi) is 4.94. The van der Waals surface area contributed by atoms with Gasteiger partial charge in [0.1, 0.15) is 6.04 Å². The minimum Gasteiger partial charge on any atom is -0.480 e. The molecule has 0 aliphatic rings. The molecule has 19 heavy (non-hydrogen) atoms. The monoisotopic (exact) mass is 264 g/mol. The first-order chi connectivity index (χ1) is 8.93. The van der Waals surface area contributed by atoms with Crippen LogP contribution in [0.2, 0.25) is 0 Å². The van der Waals surface area contributed by atoms with E-state index in [0.29, 0.717) is 0 Å². The normalized spacial score (nSPS) is 11.4. The third-order valence-electron chi connectivity index (χ3n) is 2.48. The Hall–Kier alpha value is -2.49. The molecule has 0 aliphatic heterocycles. The summed E-state index contributed by atoms with van der Waals surface area (Å²) in [4.78, 5) is 22.3. The van der Waals surface area contributed by atoms with Crippen molar-refractivity contribution in [3.8, 4) is 12.3 Å². The standard InChI is InChI=1S/C12H16N4O3/c1-4-5-10(11(17)18)14-12(19)13-6-9-7-16(3)15-8(9)2/h1,7,10H,5-6H2,2-3H3,(H,17,18)(H2,13,14,19). The van der Waals surface area contributed by atoms with Gasteiger partial charge in [-0.3, -0.25) is 4.68 Å². The molecule has 0 aromatic carbocycles. The molecule has 1 atom stereocenters. The number of terminal acetylenes is 1. The van der Waals surface area contributed by atoms with Crippen LogP contribution in [0.15, 0.2) is 6.20 Å². The molecule has 2 amide bonds. The second kappa shape index (κ2) is 6.44. The number of aromatic nitrogens is 2. The summed E-state index contributed by atoms with van der Waals surface area (Å²) in [6.07, 6.45) is 6.76. The van der Waals surface area contributed by atoms with Gasteiger partial charge in [-0.2, -0.15) is 5.10 Å². The van der Waals surface area contributed by atoms with E-state index >= 15 is 0 Å². The molecule has 7 nitrogen and oxygen atoms in total. The van der Waals surface area contributed by atoms with E-state index in [9.17, 15) is 9.59 Å². The zero-order valence-corrected chi connectivity index (χ0v) is 10.8. The van der Waals surface area contributed by atoms with Crippen LogP contribution < -0.4 is 10.6 Å². The second-order valence-electron chi connectivity index (χ2n) is 4.04. The number of hydrogen-bond acceptors (Lipinski definition) is 3. The summed E-state index contributed by atoms with van der Waals surface area (Å²) in [7, 11) is 1.78. The molecule has 0 radical (unpaired) electrons. The highest BCUT2D eigenvalue weighted by Crippen LogP contribution is 2.03. The number of carboxylic acid groups (broad SMARTS) is 1. The summed E-state index contributed by atoms with van der Waals surface area (Å²) < 4.78 is 1.64. The molecule has 0 saturated heterocycles. The third-order valence-corrected chi connectivity index (χ3v) is 2.48. The maximum absolute atomic E-state index is 11.5. The minimum absolute atomic E-state index is 0.0608. The van der Waals surface area contributed by atoms with Crippen LogP contribution in [0.25, 0.3) is 0 Å². The van der Waals surface area contributed by atoms with Gasteiger partial charge in [0, 0.05) is 31.8 Å². The number of amides is 2. The Morgan fingerprint density at radius 3 is 2.79 bits per heavy atom. The third kappa shape index (κ3) is 4.35. The Bertz CT molecular complexity index is 516. The van der Waals surface area contributed by atoms with Crippen molar-refractivity contribution in [2.75, 3.05) is 0 Å². The predicted octanol–water partition coefficient (Wildman–Crippen LogP) is 0.00422. The first-order valence-corrected chi connectivity index (χ1v) is 5.63. The van der Waals surface area contributed by atoms with Crippen molar-refractivity contribution < 1.29 is 14.7 Å². The van der Waals surface area contributed by atoms with Crippen molar-refractivity contribution in [1.29, 1.82) is 0 Å². The van der Waals surface area contributed by atoms with Crippen molar-refractivity contribution in [3.05, 3.63) is 17.5 Å². The molecule has 102 valence electrons. The number of hydrogen-bond donors (Lipinski definition) is 3. The maximum atomic E-state index is 11.5. The van der Waals surface area contributed by atoms with Crippen LogP contribution in [0.4, 0.5) is 4.79 Å². The van der Waals surface area contributed by atoms with Crippen LogP contribution in [0.5, 0.6) is 0 Å². The summed E-state index contributed by atoms with van der Waals surface area (Å²) in [5, 5.41) is 17.8. The van der Waals surface area contributed by atoms with Gasteiger partial charge in [0.05, 0.1) is 5.69 Å². The van der Waals surface area contributed by atoms with Crippen molar-refractivity contribution in [3.63, 3.8) is 0 Å². The summed E-state index contributed by atoms with van der Waals surface area (Å²) >= 11 is 0. The fourth-order valence-corrected chi connectivity index (χ4v) is 1.52. The molecule has 0 aliphatic carbocycles. The highest BCUT2D eigenvalue weighted by molar-refractivity contribution is 5.82. The van der Waals surface area contributed by atoms with Gasteiger partial charge in [0.2, 0.25) is 0 Å². The van der Waals surface area contributed by atoms with Gasteiger partial charge in [-0.1, -0.05) is 0 Å². The number of urea groups is 1. The van der Waals surface area contributed by atoms with E-state index in [-0.39, 0.29) is 13.0 Å². The van der Waals surface area contributed by atoms with Gasteiger partial charge in [-0.05, 0) is 6.92 Å². The maximum Gasteiger partial charge on any atom is 0.327 e. The van der Waals surface area contributed by atoms with Crippen LogP contribution in [-0.4, -0.2) is 32.9 Å². The number of carbonyl (C=O) groups excluding carboxylic acids is 1. The molecular formula is C12H16N4O3. The van der Waals surface area contributed by atoms with E-state index in [1.165, 1.54) is 0 Å². The lowest BCUT2D eigenvalue weighted by Crippen LogP contribution is -2.45. The van der Waals surface area contributed by atoms with E-state index in [1.54, 1.807) is 17.9 Å². The predicted molar refractivity (Wildman–Crippen MR) is 68.2 cm³/mol. The highest BCUT2D eigenvalue weighted by atomic mass is 16.4. The fraction of sp³-hybridized carbons (Fsp3) is 0.417. The van der Waals surface area contributed by atoms with Gasteiger partial charge in [0.15, 0.2) is 0 Å². The number of carbonyl (C=O) groups is 2. The SMILES string of the molecule is C#CCC(NC(=O)NCc1cn(C)nc1C)C(=O)O. The van der Waals surface area contributed by atoms with Crippen molar-refractivity contribution in [2.24, 2.45) is 7.05 Å². The van der Waals surface area contributed by atoms with Crippen LogP contribution in [0, 0.1) is 19.3 Å². The number of carboxylic acids is 1. The summed E-state index contributed by atoms with van der Waals surface area (Å²) in [6, 6.07) is -1.66. The van der Waals surface area contributed by atoms with Crippen molar-refractivity contribution in [1.82, 2.24) is 20.4 Å². The van der Waals surface area contributed by atoms with Gasteiger partial charge < -0.3 is 15.7 Å². The first kappa shape index (κ1) is 14.6. The summed E-state index contributed by atoms with van der Waals surface area (Å²) in [6.45, 7) is 2.10. The molecule has 1 unspecified atom stereocenters. The van der Waals surface area contributed by atoms with Gasteiger partial charge in [0.25, 0.3) is 0 Å². The second-order valence-corrected chi connectivity index (χ2v) is 4.04. The number of nitrogens with zero attached hydrogens (tertiary/aromatic N) is 2. The highest BCUT2D eigenvalue weighted by Gasteiger charge is 2.18. The average molecular weight is 264 g/mol. The minimum atomic E-state index is -1.16. The Morgan fingerprint density at radius 1 is 1.63 bits per heavy atom. The van der Waals surface area contributed by atoms with Crippen molar-refractivity contribution in [2.45, 2.75) is 25.9 Å². The van der Waals surface area contributed by atoms with Crippen LogP contribution in [0.1, 0.15) is 17.7 Å². The van der Waals surface area contributed by atoms with Crippen LogP contribution in [0.3, 0.4) is 0 Å². The quantitative estimate of drug-likeness (QED) is 0.652. The molecule has 7 heteroatoms. The smallest absolute Gasteiger partial charge is 0.327 e. The molecule has 0 bridgehead atoms. The lowest BCUT2D eigenvalue weighted by Gasteiger charge is -2.12. The van der Waals surface area contributed by atoms with Crippen molar-refractivity contribution >= 4 is 12.0 Å². The molecule has 1 rings (SSSR count). The zero-order valence-electron chi connectivity index (χ0n) is 10.8. The van der Waals surface area contributed by atoms with Crippen LogP contribution >= 0.6 is 0 Å². The van der Waals surface area contributed by atoms with E-state index in [4.69, 9.17) is 11.5 Å². The van der Waals surface area contributed by atoms with Crippen LogP contribution in [-0.2, 0) is 18.4 Å². The lowest BCUT2D eigenvalue weighted by molar-refractivity contribution is -0.139. The molecule has 0 spiro atoms. The van der Waals surface area contributed by atoms with E-state index < -0.39 is 18.0 Å². The molecule has 1 aromatic heterocycles. The molecule has 3 N–H and O–H groups in total. The van der Waals surface area contributed by atoms with Gasteiger partial charge in [-0.25, -0.2) is 9.59 Å². The number of aliphatic carboxylic acids is 1. The van der Waals surface area contributed by atoms with E-state index in [2.05, 4.69) is 21.7 Å². The first-order valence-electron chi connectivity index (χ1n) is 5.63. The fourth-order valence-electron chi connectivity index (χ4n) is 1.52. The molecule has 0 fully saturated rings. The lowest BCUT2D eigenvalue weighted by atomic mass is 10.2. The Balaban J connectivity index is 2.49. The molecule has 1 heterocycles. The number of rotatable bonds is 5. The largest absolute Gasteiger partial charge is 0.480 e. The van der Waals surface area contributed by atoms with Gasteiger partial charge >= 0.3 is 12.0 Å². The van der Waals surface area contributed by atoms with E-state index in [0.717, 1.165) is 11.3 Å². The average Bonchev–Trinajstić information content (AvgIpc) is 2.64. The Morgan fingerprint density at radius 2 is 2.32 bits per heavy atom. The van der Waals surface area contributed by atoms with Gasteiger partial charge in [-0.15, -0.1) is 12.3 Å². The Labute approximate surface area is 111 Å². The number of aryl methyl sites for hydroxylation is 2. The molecule has 0 saturated carbocycles. The number of nitrogens with one attached hydrogen (secondary N) is 2. The summed E-state index contributed by atoms with van der Waals surface area (Å²) in [5.74, 6) is 1.04. The summed E-state index contributed by atoms with van der Waals surface area (Å²) in [5.41, 5.74) is 1.67. The topological polar surface area (TPSA) is 96.3 Å². The molecule has 1 aromatic rings. The zero-order chi connectivity index (χ0) is 14.4. The van der Waals surface area contributed by atoms with E-state index in [1.807, 2.05) is 6.92 Å². The molecular weight excluding hydrogens is 248 g/mol.